The number of Topliss-reactive ketones (excluding diaryl/α,β-unsaturated/α-hetero) is 1. The molecule has 1 amide bonds. The van der Waals surface area contributed by atoms with Gasteiger partial charge in [-0.05, 0) is 55.3 Å². The number of fused-ring (bicyclic) bond motifs is 1. The fourth-order valence-corrected chi connectivity index (χ4v) is 5.86. The SMILES string of the molecule is C=CCOC(=O)c1sc(N2C(=O)C(=O)C(=C(O)c3ccc4c(c3)C[C@@H](C)O4)[C@H]2c2cccc(OCC=C)c2)nc1C. The van der Waals surface area contributed by atoms with Gasteiger partial charge in [0.15, 0.2) is 5.13 Å². The molecule has 0 radical (unpaired) electrons. The number of benzene rings is 2. The number of hydrogen-bond donors (Lipinski definition) is 1. The molecule has 0 unspecified atom stereocenters. The lowest BCUT2D eigenvalue weighted by atomic mass is 9.94. The standard InChI is InChI=1S/C31H28N2O7S/c1-5-12-38-22-9-7-8-19(16-22)25-24(26(34)20-10-11-23-21(15-20)14-17(3)40-23)27(35)29(36)33(25)31-32-18(4)28(41-31)30(37)39-13-6-2/h5-11,15-17,25,34H,1-2,12-14H2,3-4H3/t17-,25-/m1/s1. The van der Waals surface area contributed by atoms with Gasteiger partial charge in [-0.3, -0.25) is 14.5 Å². The Morgan fingerprint density at radius 3 is 2.73 bits per heavy atom. The Hall–Kier alpha value is -4.70. The molecule has 5 rings (SSSR count). The summed E-state index contributed by atoms with van der Waals surface area (Å²) < 4.78 is 16.6. The third-order valence-electron chi connectivity index (χ3n) is 6.66. The molecule has 210 valence electrons. The van der Waals surface area contributed by atoms with Crippen molar-refractivity contribution in [3.05, 3.63) is 101 Å². The van der Waals surface area contributed by atoms with Crippen molar-refractivity contribution in [2.45, 2.75) is 32.4 Å². The number of aliphatic hydroxyl groups is 1. The van der Waals surface area contributed by atoms with E-state index in [-0.39, 0.29) is 40.7 Å². The van der Waals surface area contributed by atoms with Gasteiger partial charge >= 0.3 is 11.9 Å². The molecule has 2 aliphatic heterocycles. The van der Waals surface area contributed by atoms with Crippen LogP contribution in [0.25, 0.3) is 5.76 Å². The van der Waals surface area contributed by atoms with E-state index in [2.05, 4.69) is 18.1 Å². The molecule has 1 aromatic heterocycles. The van der Waals surface area contributed by atoms with Gasteiger partial charge in [-0.2, -0.15) is 0 Å². The summed E-state index contributed by atoms with van der Waals surface area (Å²) >= 11 is 0.931. The predicted octanol–water partition coefficient (Wildman–Crippen LogP) is 5.31. The van der Waals surface area contributed by atoms with E-state index in [0.717, 1.165) is 16.9 Å². The second-order valence-electron chi connectivity index (χ2n) is 9.59. The first kappa shape index (κ1) is 27.9. The number of aliphatic hydroxyl groups excluding tert-OH is 1. The van der Waals surface area contributed by atoms with Gasteiger partial charge in [-0.1, -0.05) is 48.8 Å². The van der Waals surface area contributed by atoms with E-state index in [4.69, 9.17) is 14.2 Å². The van der Waals surface area contributed by atoms with Gasteiger partial charge in [0.25, 0.3) is 5.78 Å². The Labute approximate surface area is 241 Å². The van der Waals surface area contributed by atoms with Crippen molar-refractivity contribution >= 4 is 39.9 Å². The molecule has 1 N–H and O–H groups in total. The monoisotopic (exact) mass is 572 g/mol. The molecule has 2 aromatic carbocycles. The first-order chi connectivity index (χ1) is 19.7. The van der Waals surface area contributed by atoms with Crippen LogP contribution in [-0.2, 0) is 20.7 Å². The Balaban J connectivity index is 1.65. The van der Waals surface area contributed by atoms with Crippen LogP contribution < -0.4 is 14.4 Å². The molecule has 3 aromatic rings. The number of ether oxygens (including phenoxy) is 3. The molecule has 10 heteroatoms. The van der Waals surface area contributed by atoms with Crippen LogP contribution in [0.2, 0.25) is 0 Å². The number of thiazole rings is 1. The summed E-state index contributed by atoms with van der Waals surface area (Å²) in [7, 11) is 0. The van der Waals surface area contributed by atoms with Crippen LogP contribution in [0.3, 0.4) is 0 Å². The fraction of sp³-hybridized carbons (Fsp3) is 0.226. The van der Waals surface area contributed by atoms with Crippen molar-refractivity contribution in [1.82, 2.24) is 4.98 Å². The van der Waals surface area contributed by atoms with E-state index in [1.165, 1.54) is 11.0 Å². The maximum atomic E-state index is 13.6. The van der Waals surface area contributed by atoms with Crippen LogP contribution >= 0.6 is 11.3 Å². The molecule has 3 heterocycles. The summed E-state index contributed by atoms with van der Waals surface area (Å²) in [6, 6.07) is 11.0. The van der Waals surface area contributed by atoms with E-state index in [1.54, 1.807) is 55.5 Å². The second-order valence-corrected chi connectivity index (χ2v) is 10.6. The van der Waals surface area contributed by atoms with Crippen LogP contribution in [0.15, 0.2) is 73.3 Å². The van der Waals surface area contributed by atoms with E-state index >= 15 is 0 Å². The van der Waals surface area contributed by atoms with Crippen LogP contribution in [0, 0.1) is 6.92 Å². The first-order valence-corrected chi connectivity index (χ1v) is 13.7. The highest BCUT2D eigenvalue weighted by Crippen LogP contribution is 2.45. The highest BCUT2D eigenvalue weighted by atomic mass is 32.1. The van der Waals surface area contributed by atoms with Gasteiger partial charge in [-0.25, -0.2) is 9.78 Å². The van der Waals surface area contributed by atoms with Crippen molar-refractivity contribution in [1.29, 1.82) is 0 Å². The normalized spacial score (nSPS) is 19.0. The number of ketones is 1. The Bertz CT molecular complexity index is 1610. The van der Waals surface area contributed by atoms with Crippen LogP contribution in [0.5, 0.6) is 11.5 Å². The van der Waals surface area contributed by atoms with Gasteiger partial charge < -0.3 is 19.3 Å². The van der Waals surface area contributed by atoms with Gasteiger partial charge in [-0.15, -0.1) is 0 Å². The van der Waals surface area contributed by atoms with E-state index < -0.39 is 23.7 Å². The molecule has 0 spiro atoms. The maximum Gasteiger partial charge on any atom is 0.350 e. The summed E-state index contributed by atoms with van der Waals surface area (Å²) in [5.41, 5.74) is 2.02. The predicted molar refractivity (Wildman–Crippen MR) is 154 cm³/mol. The molecule has 41 heavy (non-hydrogen) atoms. The molecule has 1 saturated heterocycles. The zero-order valence-electron chi connectivity index (χ0n) is 22.6. The number of anilines is 1. The minimum absolute atomic E-state index is 0.00760. The number of aryl methyl sites for hydroxylation is 1. The zero-order valence-corrected chi connectivity index (χ0v) is 23.4. The fourth-order valence-electron chi connectivity index (χ4n) is 4.87. The lowest BCUT2D eigenvalue weighted by Crippen LogP contribution is -2.29. The third kappa shape index (κ3) is 5.26. The zero-order chi connectivity index (χ0) is 29.3. The number of rotatable bonds is 9. The van der Waals surface area contributed by atoms with E-state index in [1.807, 2.05) is 6.92 Å². The molecule has 1 fully saturated rings. The molecule has 9 nitrogen and oxygen atoms in total. The number of aromatic nitrogens is 1. The lowest BCUT2D eigenvalue weighted by Gasteiger charge is -2.23. The summed E-state index contributed by atoms with van der Waals surface area (Å²) in [4.78, 5) is 45.7. The molecule has 0 aliphatic carbocycles. The topological polar surface area (TPSA) is 115 Å². The molecule has 2 atom stereocenters. The molecular weight excluding hydrogens is 544 g/mol. The van der Waals surface area contributed by atoms with Crippen LogP contribution in [0.1, 0.15) is 45.0 Å². The number of esters is 1. The van der Waals surface area contributed by atoms with Crippen molar-refractivity contribution in [2.75, 3.05) is 18.1 Å². The highest BCUT2D eigenvalue weighted by Gasteiger charge is 2.48. The lowest BCUT2D eigenvalue weighted by molar-refractivity contribution is -0.132. The molecule has 0 saturated carbocycles. The Morgan fingerprint density at radius 1 is 1.20 bits per heavy atom. The first-order valence-electron chi connectivity index (χ1n) is 12.9. The third-order valence-corrected chi connectivity index (χ3v) is 7.80. The second kappa shape index (κ2) is 11.4. The summed E-state index contributed by atoms with van der Waals surface area (Å²) in [5.74, 6) is -1.50. The smallest absolute Gasteiger partial charge is 0.350 e. The van der Waals surface area contributed by atoms with Crippen molar-refractivity contribution in [2.24, 2.45) is 0 Å². The van der Waals surface area contributed by atoms with Crippen LogP contribution in [-0.4, -0.2) is 47.1 Å². The average molecular weight is 573 g/mol. The van der Waals surface area contributed by atoms with Gasteiger partial charge in [0, 0.05) is 12.0 Å². The Morgan fingerprint density at radius 2 is 1.98 bits per heavy atom. The van der Waals surface area contributed by atoms with Crippen molar-refractivity contribution < 1.29 is 33.7 Å². The van der Waals surface area contributed by atoms with E-state index in [9.17, 15) is 19.5 Å². The van der Waals surface area contributed by atoms with Crippen molar-refractivity contribution in [3.63, 3.8) is 0 Å². The molecule has 0 bridgehead atoms. The Kier molecular flexibility index (Phi) is 7.76. The summed E-state index contributed by atoms with van der Waals surface area (Å²) in [6.45, 7) is 11.0. The number of hydrogen-bond acceptors (Lipinski definition) is 9. The number of carbonyl (C=O) groups is 3. The molecule has 2 aliphatic rings. The van der Waals surface area contributed by atoms with Gasteiger partial charge in [0.1, 0.15) is 41.5 Å². The quantitative estimate of drug-likeness (QED) is 0.121. The van der Waals surface area contributed by atoms with Gasteiger partial charge in [0.05, 0.1) is 17.3 Å². The minimum atomic E-state index is -1.05. The number of amides is 1. The molecular formula is C31H28N2O7S. The summed E-state index contributed by atoms with van der Waals surface area (Å²) in [5, 5.41) is 11.7. The summed E-state index contributed by atoms with van der Waals surface area (Å²) in [6.07, 6.45) is 3.69. The highest BCUT2D eigenvalue weighted by molar-refractivity contribution is 7.17. The van der Waals surface area contributed by atoms with Gasteiger partial charge in [0.2, 0.25) is 0 Å². The average Bonchev–Trinajstić information content (AvgIpc) is 3.61. The largest absolute Gasteiger partial charge is 0.507 e. The van der Waals surface area contributed by atoms with E-state index in [0.29, 0.717) is 34.7 Å². The minimum Gasteiger partial charge on any atom is -0.507 e. The number of carbonyl (C=O) groups excluding carboxylic acids is 3. The number of nitrogens with zero attached hydrogens (tertiary/aromatic N) is 2. The maximum absolute atomic E-state index is 13.6. The van der Waals surface area contributed by atoms with Crippen LogP contribution in [0.4, 0.5) is 5.13 Å². The van der Waals surface area contributed by atoms with Crippen molar-refractivity contribution in [3.8, 4) is 11.5 Å².